The van der Waals surface area contributed by atoms with E-state index < -0.39 is 0 Å². The van der Waals surface area contributed by atoms with Gasteiger partial charge in [0.05, 0.1) is 5.70 Å². The first-order chi connectivity index (χ1) is 4.88. The molecule has 0 spiro atoms. The second-order valence-corrected chi connectivity index (χ2v) is 1.62. The van der Waals surface area contributed by atoms with E-state index in [1.54, 1.807) is 30.5 Å². The average molecular weight is 129 g/mol. The van der Waals surface area contributed by atoms with Crippen molar-refractivity contribution in [2.45, 2.75) is 0 Å². The Morgan fingerprint density at radius 2 is 2.10 bits per heavy atom. The van der Waals surface area contributed by atoms with Crippen LogP contribution >= 0.6 is 0 Å². The van der Waals surface area contributed by atoms with Gasteiger partial charge in [0.15, 0.2) is 5.57 Å². The van der Waals surface area contributed by atoms with Crippen molar-refractivity contribution in [3.8, 4) is 12.1 Å². The Balaban J connectivity index is 3.10. The average Bonchev–Trinajstić information content (AvgIpc) is 2.43. The maximum absolute atomic E-state index is 8.35. The van der Waals surface area contributed by atoms with E-state index in [1.165, 1.54) is 0 Å². The summed E-state index contributed by atoms with van der Waals surface area (Å²) in [5.41, 5.74) is 0.509. The van der Waals surface area contributed by atoms with Crippen molar-refractivity contribution >= 4 is 6.21 Å². The van der Waals surface area contributed by atoms with Gasteiger partial charge < -0.3 is 0 Å². The third-order valence-corrected chi connectivity index (χ3v) is 1.03. The Morgan fingerprint density at radius 3 is 2.50 bits per heavy atom. The van der Waals surface area contributed by atoms with Crippen LogP contribution < -0.4 is 0 Å². The topological polar surface area (TPSA) is 59.9 Å². The SMILES string of the molecule is N#CC(C#N)=C1C=CC=N1. The van der Waals surface area contributed by atoms with E-state index in [2.05, 4.69) is 4.99 Å². The van der Waals surface area contributed by atoms with Crippen LogP contribution in [0, 0.1) is 22.7 Å². The second-order valence-electron chi connectivity index (χ2n) is 1.62. The van der Waals surface area contributed by atoms with Gasteiger partial charge in [-0.05, 0) is 12.2 Å². The van der Waals surface area contributed by atoms with Crippen LogP contribution in [0.5, 0.6) is 0 Å². The van der Waals surface area contributed by atoms with Crippen molar-refractivity contribution in [1.82, 2.24) is 0 Å². The van der Waals surface area contributed by atoms with Crippen molar-refractivity contribution in [2.24, 2.45) is 4.99 Å². The fourth-order valence-corrected chi connectivity index (χ4v) is 0.588. The molecule has 0 atom stereocenters. The smallest absolute Gasteiger partial charge is 0.155 e. The van der Waals surface area contributed by atoms with Gasteiger partial charge in [0, 0.05) is 6.21 Å². The van der Waals surface area contributed by atoms with Crippen LogP contribution in [-0.2, 0) is 0 Å². The molecule has 1 rings (SSSR count). The van der Waals surface area contributed by atoms with Gasteiger partial charge in [-0.15, -0.1) is 0 Å². The Morgan fingerprint density at radius 1 is 1.40 bits per heavy atom. The van der Waals surface area contributed by atoms with Crippen LogP contribution in [0.25, 0.3) is 0 Å². The lowest BCUT2D eigenvalue weighted by Crippen LogP contribution is -1.76. The molecule has 0 aromatic rings. The summed E-state index contributed by atoms with van der Waals surface area (Å²) >= 11 is 0. The number of aliphatic imine (C=N–C) groups is 1. The Hall–Kier alpha value is -1.87. The molecule has 3 heteroatoms. The zero-order valence-corrected chi connectivity index (χ0v) is 5.07. The first-order valence-electron chi connectivity index (χ1n) is 2.63. The van der Waals surface area contributed by atoms with Gasteiger partial charge in [-0.25, -0.2) is 0 Å². The largest absolute Gasteiger partial charge is 0.255 e. The maximum Gasteiger partial charge on any atom is 0.155 e. The molecular weight excluding hydrogens is 126 g/mol. The summed E-state index contributed by atoms with van der Waals surface area (Å²) < 4.78 is 0. The molecule has 0 radical (unpaired) electrons. The second kappa shape index (κ2) is 2.61. The summed E-state index contributed by atoms with van der Waals surface area (Å²) in [6.45, 7) is 0. The van der Waals surface area contributed by atoms with Crippen molar-refractivity contribution in [3.63, 3.8) is 0 Å². The van der Waals surface area contributed by atoms with Crippen molar-refractivity contribution in [3.05, 3.63) is 23.4 Å². The first kappa shape index (κ1) is 6.25. The van der Waals surface area contributed by atoms with Gasteiger partial charge in [0.2, 0.25) is 0 Å². The van der Waals surface area contributed by atoms with Crippen molar-refractivity contribution < 1.29 is 0 Å². The monoisotopic (exact) mass is 129 g/mol. The Labute approximate surface area is 58.2 Å². The quantitative estimate of drug-likeness (QED) is 0.457. The summed E-state index contributed by atoms with van der Waals surface area (Å²) in [5, 5.41) is 16.7. The molecule has 0 saturated carbocycles. The normalized spacial score (nSPS) is 12.8. The third kappa shape index (κ3) is 0.936. The van der Waals surface area contributed by atoms with Crippen LogP contribution in [0.1, 0.15) is 0 Å². The number of allylic oxidation sites excluding steroid dienone is 3. The van der Waals surface area contributed by atoms with E-state index in [0.717, 1.165) is 0 Å². The molecule has 0 unspecified atom stereocenters. The highest BCUT2D eigenvalue weighted by molar-refractivity contribution is 5.78. The highest BCUT2D eigenvalue weighted by atomic mass is 14.7. The number of hydrogen-bond acceptors (Lipinski definition) is 3. The van der Waals surface area contributed by atoms with Gasteiger partial charge in [0.1, 0.15) is 12.1 Å². The van der Waals surface area contributed by atoms with Crippen molar-refractivity contribution in [2.75, 3.05) is 0 Å². The fourth-order valence-electron chi connectivity index (χ4n) is 0.588. The molecule has 46 valence electrons. The summed E-state index contributed by atoms with van der Waals surface area (Å²) in [6.07, 6.45) is 4.86. The molecule has 1 aliphatic rings. The lowest BCUT2D eigenvalue weighted by molar-refractivity contribution is 1.37. The Kier molecular flexibility index (Phi) is 1.63. The molecule has 0 aromatic heterocycles. The van der Waals surface area contributed by atoms with Crippen LogP contribution in [0.15, 0.2) is 28.4 Å². The minimum atomic E-state index is 0.0602. The summed E-state index contributed by atoms with van der Waals surface area (Å²) in [5.74, 6) is 0. The van der Waals surface area contributed by atoms with Crippen LogP contribution in [0.2, 0.25) is 0 Å². The predicted octanol–water partition coefficient (Wildman–Crippen LogP) is 0.928. The highest BCUT2D eigenvalue weighted by Gasteiger charge is 2.01. The van der Waals surface area contributed by atoms with E-state index in [1.807, 2.05) is 0 Å². The molecule has 0 aliphatic carbocycles. The minimum absolute atomic E-state index is 0.0602. The lowest BCUT2D eigenvalue weighted by atomic mass is 10.2. The molecule has 0 amide bonds. The molecule has 0 saturated heterocycles. The van der Waals surface area contributed by atoms with E-state index in [0.29, 0.717) is 5.70 Å². The molecule has 1 aliphatic heterocycles. The van der Waals surface area contributed by atoms with Gasteiger partial charge in [-0.3, -0.25) is 4.99 Å². The van der Waals surface area contributed by atoms with Crippen LogP contribution in [0.3, 0.4) is 0 Å². The maximum atomic E-state index is 8.35. The number of hydrogen-bond donors (Lipinski definition) is 0. The summed E-state index contributed by atoms with van der Waals surface area (Å²) in [4.78, 5) is 3.78. The number of nitrogens with zero attached hydrogens (tertiary/aromatic N) is 3. The molecule has 1 heterocycles. The molecule has 10 heavy (non-hydrogen) atoms. The zero-order chi connectivity index (χ0) is 7.40. The van der Waals surface area contributed by atoms with E-state index in [-0.39, 0.29) is 5.57 Å². The number of rotatable bonds is 0. The molecule has 0 bridgehead atoms. The fraction of sp³-hybridized carbons (Fsp3) is 0. The minimum Gasteiger partial charge on any atom is -0.255 e. The molecular formula is C7H3N3. The van der Waals surface area contributed by atoms with E-state index in [4.69, 9.17) is 10.5 Å². The van der Waals surface area contributed by atoms with Crippen LogP contribution in [0.4, 0.5) is 0 Å². The van der Waals surface area contributed by atoms with Gasteiger partial charge in [-0.1, -0.05) is 0 Å². The van der Waals surface area contributed by atoms with E-state index >= 15 is 0 Å². The standard InChI is InChI=1S/C7H3N3/c8-4-6(5-9)7-2-1-3-10-7/h1-3H. The van der Waals surface area contributed by atoms with Crippen molar-refractivity contribution in [1.29, 1.82) is 10.5 Å². The number of nitriles is 2. The highest BCUT2D eigenvalue weighted by Crippen LogP contribution is 2.09. The Bertz CT molecular complexity index is 277. The third-order valence-electron chi connectivity index (χ3n) is 1.03. The van der Waals surface area contributed by atoms with Gasteiger partial charge in [0.25, 0.3) is 0 Å². The predicted molar refractivity (Wildman–Crippen MR) is 35.9 cm³/mol. The van der Waals surface area contributed by atoms with Gasteiger partial charge >= 0.3 is 0 Å². The molecule has 0 N–H and O–H groups in total. The summed E-state index contributed by atoms with van der Waals surface area (Å²) in [7, 11) is 0. The van der Waals surface area contributed by atoms with Gasteiger partial charge in [-0.2, -0.15) is 10.5 Å². The first-order valence-corrected chi connectivity index (χ1v) is 2.63. The summed E-state index contributed by atoms with van der Waals surface area (Å²) in [6, 6.07) is 3.49. The van der Waals surface area contributed by atoms with Crippen LogP contribution in [-0.4, -0.2) is 6.21 Å². The molecule has 0 aromatic carbocycles. The van der Waals surface area contributed by atoms with E-state index in [9.17, 15) is 0 Å². The molecule has 0 fully saturated rings. The zero-order valence-electron chi connectivity index (χ0n) is 5.07. The lowest BCUT2D eigenvalue weighted by Gasteiger charge is -1.83. The molecule has 3 nitrogen and oxygen atoms in total.